The Hall–Kier alpha value is -3.28. The fourth-order valence-corrected chi connectivity index (χ4v) is 4.35. The molecule has 1 heterocycles. The van der Waals surface area contributed by atoms with Crippen LogP contribution in [-0.4, -0.2) is 42.5 Å². The average Bonchev–Trinajstić information content (AvgIpc) is 3.08. The molecule has 1 aliphatic heterocycles. The number of unbranched alkanes of at least 4 members (excludes halogenated alkanes) is 2. The molecule has 0 aromatic heterocycles. The number of benzene rings is 2. The number of amides is 1. The summed E-state index contributed by atoms with van der Waals surface area (Å²) in [4.78, 5) is 27.9. The Morgan fingerprint density at radius 2 is 1.73 bits per heavy atom. The van der Waals surface area contributed by atoms with Crippen LogP contribution >= 0.6 is 0 Å². The topological polar surface area (TPSA) is 76.1 Å². The number of nitrogens with zero attached hydrogens (tertiary/aromatic N) is 1. The Morgan fingerprint density at radius 3 is 2.36 bits per heavy atom. The van der Waals surface area contributed by atoms with Gasteiger partial charge in [0.2, 0.25) is 0 Å². The van der Waals surface area contributed by atoms with Gasteiger partial charge in [-0.25, -0.2) is 0 Å². The van der Waals surface area contributed by atoms with Crippen LogP contribution in [0.4, 0.5) is 0 Å². The quantitative estimate of drug-likeness (QED) is 0.238. The molecule has 2 aromatic rings. The molecule has 6 heteroatoms. The second kappa shape index (κ2) is 10.6. The highest BCUT2D eigenvalue weighted by atomic mass is 16.5. The fraction of sp³-hybridized carbons (Fsp3) is 0.407. The summed E-state index contributed by atoms with van der Waals surface area (Å²) in [6, 6.07) is 11.9. The van der Waals surface area contributed by atoms with Crippen molar-refractivity contribution in [2.75, 3.05) is 20.8 Å². The maximum Gasteiger partial charge on any atom is 0.295 e. The molecule has 1 saturated heterocycles. The highest BCUT2D eigenvalue weighted by molar-refractivity contribution is 6.46. The second-order valence-electron chi connectivity index (χ2n) is 8.55. The van der Waals surface area contributed by atoms with Crippen LogP contribution in [0.15, 0.2) is 48.0 Å². The molecule has 2 aromatic carbocycles. The van der Waals surface area contributed by atoms with Crippen LogP contribution in [0.2, 0.25) is 0 Å². The Bertz CT molecular complexity index is 1060. The number of methoxy groups -OCH3 is 2. The number of hydrogen-bond donors (Lipinski definition) is 1. The molecule has 0 spiro atoms. The lowest BCUT2D eigenvalue weighted by molar-refractivity contribution is -0.139. The van der Waals surface area contributed by atoms with E-state index < -0.39 is 17.7 Å². The van der Waals surface area contributed by atoms with Gasteiger partial charge < -0.3 is 19.5 Å². The minimum Gasteiger partial charge on any atom is -0.507 e. The summed E-state index contributed by atoms with van der Waals surface area (Å²) < 4.78 is 11.0. The van der Waals surface area contributed by atoms with E-state index in [-0.39, 0.29) is 17.3 Å². The molecule has 1 fully saturated rings. The van der Waals surface area contributed by atoms with E-state index in [1.54, 1.807) is 37.3 Å². The zero-order valence-corrected chi connectivity index (χ0v) is 20.1. The summed E-state index contributed by atoms with van der Waals surface area (Å²) in [6.45, 7) is 6.58. The number of aliphatic hydroxyl groups is 1. The number of para-hydroxylation sites is 1. The molecule has 3 rings (SSSR count). The number of carbonyl (C=O) groups excluding carboxylic acids is 2. The Morgan fingerprint density at radius 1 is 1.03 bits per heavy atom. The first kappa shape index (κ1) is 24.4. The van der Waals surface area contributed by atoms with Gasteiger partial charge in [-0.05, 0) is 42.2 Å². The molecule has 1 aliphatic rings. The molecule has 33 heavy (non-hydrogen) atoms. The predicted octanol–water partition coefficient (Wildman–Crippen LogP) is 5.44. The van der Waals surface area contributed by atoms with Gasteiger partial charge in [0.25, 0.3) is 11.7 Å². The number of carbonyl (C=O) groups is 2. The van der Waals surface area contributed by atoms with E-state index >= 15 is 0 Å². The third-order valence-electron chi connectivity index (χ3n) is 6.10. The largest absolute Gasteiger partial charge is 0.507 e. The van der Waals surface area contributed by atoms with Crippen LogP contribution in [0.5, 0.6) is 11.5 Å². The summed E-state index contributed by atoms with van der Waals surface area (Å²) in [5, 5.41) is 11.4. The number of hydrogen-bond acceptors (Lipinski definition) is 5. The lowest BCUT2D eigenvalue weighted by atomic mass is 9.92. The second-order valence-corrected chi connectivity index (χ2v) is 8.55. The lowest BCUT2D eigenvalue weighted by Gasteiger charge is -2.26. The first-order chi connectivity index (χ1) is 15.8. The van der Waals surface area contributed by atoms with Gasteiger partial charge in [0.05, 0.1) is 25.8 Å². The van der Waals surface area contributed by atoms with Crippen molar-refractivity contribution in [3.63, 3.8) is 0 Å². The maximum absolute atomic E-state index is 13.2. The molecule has 1 N–H and O–H groups in total. The van der Waals surface area contributed by atoms with Crippen molar-refractivity contribution in [1.82, 2.24) is 4.90 Å². The molecule has 6 nitrogen and oxygen atoms in total. The van der Waals surface area contributed by atoms with Gasteiger partial charge in [0, 0.05) is 17.7 Å². The van der Waals surface area contributed by atoms with E-state index in [9.17, 15) is 14.7 Å². The first-order valence-electron chi connectivity index (χ1n) is 11.4. The van der Waals surface area contributed by atoms with Crippen molar-refractivity contribution in [3.05, 3.63) is 64.7 Å². The van der Waals surface area contributed by atoms with Gasteiger partial charge >= 0.3 is 0 Å². The minimum absolute atomic E-state index is 0.0841. The van der Waals surface area contributed by atoms with Gasteiger partial charge in [0.15, 0.2) is 0 Å². The molecular formula is C27H33NO5. The van der Waals surface area contributed by atoms with E-state index in [0.29, 0.717) is 29.2 Å². The van der Waals surface area contributed by atoms with Crippen molar-refractivity contribution in [1.29, 1.82) is 0 Å². The lowest BCUT2D eigenvalue weighted by Crippen LogP contribution is -2.30. The maximum atomic E-state index is 13.2. The summed E-state index contributed by atoms with van der Waals surface area (Å²) in [5.74, 6) is -0.0415. The van der Waals surface area contributed by atoms with Gasteiger partial charge in [-0.1, -0.05) is 51.8 Å². The van der Waals surface area contributed by atoms with Crippen molar-refractivity contribution in [2.45, 2.75) is 52.0 Å². The number of rotatable bonds is 9. The summed E-state index contributed by atoms with van der Waals surface area (Å²) in [6.07, 6.45) is 2.71. The Kier molecular flexibility index (Phi) is 7.79. The molecule has 0 radical (unpaired) electrons. The van der Waals surface area contributed by atoms with E-state index in [2.05, 4.69) is 6.92 Å². The third kappa shape index (κ3) is 4.75. The third-order valence-corrected chi connectivity index (χ3v) is 6.10. The Labute approximate surface area is 195 Å². The van der Waals surface area contributed by atoms with Crippen molar-refractivity contribution < 1.29 is 24.2 Å². The van der Waals surface area contributed by atoms with E-state index in [0.717, 1.165) is 24.8 Å². The zero-order valence-electron chi connectivity index (χ0n) is 20.1. The van der Waals surface area contributed by atoms with Gasteiger partial charge in [0.1, 0.15) is 17.3 Å². The summed E-state index contributed by atoms with van der Waals surface area (Å²) >= 11 is 0. The molecule has 1 unspecified atom stereocenters. The number of Topliss-reactive ketones (excluding diaryl/α,β-unsaturated/α-hetero) is 1. The van der Waals surface area contributed by atoms with Crippen LogP contribution in [0.3, 0.4) is 0 Å². The molecule has 1 atom stereocenters. The van der Waals surface area contributed by atoms with E-state index in [1.807, 2.05) is 38.1 Å². The molecule has 0 bridgehead atoms. The first-order valence-corrected chi connectivity index (χ1v) is 11.4. The predicted molar refractivity (Wildman–Crippen MR) is 129 cm³/mol. The highest BCUT2D eigenvalue weighted by Gasteiger charge is 2.46. The Balaban J connectivity index is 2.20. The standard InChI is InChI=1S/C27H33NO5/c1-6-7-10-15-28-24(19-11-8-9-12-21(19)32-4)23(26(30)27(28)31)25(29)18-13-14-22(33-5)20(16-18)17(2)3/h8-9,11-14,16-17,24,29H,6-7,10,15H2,1-5H3/b25-23+. The number of ether oxygens (including phenoxy) is 2. The van der Waals surface area contributed by atoms with Crippen molar-refractivity contribution in [2.24, 2.45) is 0 Å². The van der Waals surface area contributed by atoms with Crippen LogP contribution in [0.1, 0.15) is 68.7 Å². The van der Waals surface area contributed by atoms with Gasteiger partial charge in [-0.15, -0.1) is 0 Å². The van der Waals surface area contributed by atoms with E-state index in [1.165, 1.54) is 0 Å². The molecule has 176 valence electrons. The molecular weight excluding hydrogens is 418 g/mol. The highest BCUT2D eigenvalue weighted by Crippen LogP contribution is 2.43. The fourth-order valence-electron chi connectivity index (χ4n) is 4.35. The number of likely N-dealkylation sites (tertiary alicyclic amines) is 1. The average molecular weight is 452 g/mol. The molecule has 0 aliphatic carbocycles. The van der Waals surface area contributed by atoms with Crippen molar-refractivity contribution >= 4 is 17.4 Å². The van der Waals surface area contributed by atoms with E-state index in [4.69, 9.17) is 9.47 Å². The summed E-state index contributed by atoms with van der Waals surface area (Å²) in [7, 11) is 3.16. The summed E-state index contributed by atoms with van der Waals surface area (Å²) in [5.41, 5.74) is 2.15. The number of aliphatic hydroxyl groups excluding tert-OH is 1. The van der Waals surface area contributed by atoms with Crippen molar-refractivity contribution in [3.8, 4) is 11.5 Å². The number of ketones is 1. The minimum atomic E-state index is -0.720. The SMILES string of the molecule is CCCCCN1C(=O)C(=O)/C(=C(/O)c2ccc(OC)c(C(C)C)c2)C1c1ccccc1OC. The van der Waals surface area contributed by atoms with Gasteiger partial charge in [-0.2, -0.15) is 0 Å². The van der Waals surface area contributed by atoms with Crippen LogP contribution in [-0.2, 0) is 9.59 Å². The normalized spacial score (nSPS) is 17.6. The van der Waals surface area contributed by atoms with Crippen LogP contribution in [0, 0.1) is 0 Å². The smallest absolute Gasteiger partial charge is 0.295 e. The zero-order chi connectivity index (χ0) is 24.1. The monoisotopic (exact) mass is 451 g/mol. The van der Waals surface area contributed by atoms with Crippen LogP contribution < -0.4 is 9.47 Å². The molecule has 0 saturated carbocycles. The van der Waals surface area contributed by atoms with Crippen LogP contribution in [0.25, 0.3) is 5.76 Å². The van der Waals surface area contributed by atoms with Gasteiger partial charge in [-0.3, -0.25) is 9.59 Å². The molecule has 1 amide bonds.